The van der Waals surface area contributed by atoms with Gasteiger partial charge in [-0.1, -0.05) is 35.4 Å². The first-order valence-electron chi connectivity index (χ1n) is 15.2. The number of non-ortho nitro benzene ring substituents is 1. The van der Waals surface area contributed by atoms with Gasteiger partial charge in [0.25, 0.3) is 5.69 Å². The second-order valence-electron chi connectivity index (χ2n) is 13.0. The molecule has 3 fully saturated rings. The van der Waals surface area contributed by atoms with Crippen LogP contribution in [-0.4, -0.2) is 33.7 Å². The third kappa shape index (κ3) is 4.28. The number of aromatic hydroxyl groups is 1. The number of hydrogen-bond acceptors (Lipinski definition) is 7. The zero-order valence-electron chi connectivity index (χ0n) is 25.6. The predicted octanol–water partition coefficient (Wildman–Crippen LogP) is 6.15. The lowest BCUT2D eigenvalue weighted by atomic mass is 9.51. The molecule has 10 nitrogen and oxygen atoms in total. The van der Waals surface area contributed by atoms with E-state index in [1.807, 2.05) is 6.08 Å². The second kappa shape index (κ2) is 10.6. The Labute approximate surface area is 273 Å². The zero-order chi connectivity index (χ0) is 33.7. The van der Waals surface area contributed by atoms with Crippen molar-refractivity contribution in [1.29, 1.82) is 0 Å². The Morgan fingerprint density at radius 2 is 1.55 bits per heavy atom. The molecule has 2 aliphatic heterocycles. The number of benzene rings is 3. The van der Waals surface area contributed by atoms with Gasteiger partial charge in [-0.15, -0.1) is 0 Å². The van der Waals surface area contributed by atoms with E-state index in [-0.39, 0.29) is 40.7 Å². The Bertz CT molecular complexity index is 1950. The number of halogens is 2. The Hall–Kier alpha value is -4.90. The number of rotatable bonds is 4. The van der Waals surface area contributed by atoms with Gasteiger partial charge in [0.05, 0.1) is 44.5 Å². The fourth-order valence-corrected chi connectivity index (χ4v) is 8.57. The summed E-state index contributed by atoms with van der Waals surface area (Å²) >= 11 is 6.06. The number of nitrogens with zero attached hydrogens (tertiary/aromatic N) is 3. The molecule has 0 radical (unpaired) electrons. The highest BCUT2D eigenvalue weighted by Gasteiger charge is 2.67. The summed E-state index contributed by atoms with van der Waals surface area (Å²) in [6.07, 6.45) is 2.24. The minimum atomic E-state index is -1.33. The molecule has 240 valence electrons. The van der Waals surface area contributed by atoms with Crippen molar-refractivity contribution in [1.82, 2.24) is 0 Å². The van der Waals surface area contributed by atoms with Gasteiger partial charge in [0.2, 0.25) is 23.6 Å². The highest BCUT2D eigenvalue weighted by Crippen LogP contribution is 2.64. The molecule has 2 heterocycles. The van der Waals surface area contributed by atoms with E-state index in [1.165, 1.54) is 36.4 Å². The summed E-state index contributed by atoms with van der Waals surface area (Å²) in [4.78, 5) is 69.5. The molecule has 2 aliphatic carbocycles. The van der Waals surface area contributed by atoms with Crippen molar-refractivity contribution >= 4 is 52.3 Å². The molecule has 4 amide bonds. The molecule has 3 aromatic carbocycles. The van der Waals surface area contributed by atoms with E-state index in [9.17, 15) is 38.8 Å². The molecule has 2 saturated heterocycles. The molecule has 1 N–H and O–H groups in total. The molecule has 7 rings (SSSR count). The molecule has 47 heavy (non-hydrogen) atoms. The van der Waals surface area contributed by atoms with E-state index in [4.69, 9.17) is 11.6 Å². The second-order valence-corrected chi connectivity index (χ2v) is 13.5. The molecule has 1 saturated carbocycles. The van der Waals surface area contributed by atoms with E-state index >= 15 is 0 Å². The summed E-state index contributed by atoms with van der Waals surface area (Å²) in [5.41, 5.74) is 1.44. The molecule has 12 heteroatoms. The van der Waals surface area contributed by atoms with Gasteiger partial charge in [0, 0.05) is 18.1 Å². The summed E-state index contributed by atoms with van der Waals surface area (Å²) in [6.45, 7) is 5.22. The smallest absolute Gasteiger partial charge is 0.269 e. The van der Waals surface area contributed by atoms with Crippen molar-refractivity contribution < 1.29 is 33.6 Å². The average molecular weight is 658 g/mol. The maximum absolute atomic E-state index is 14.5. The maximum atomic E-state index is 14.5. The number of phenols is 1. The van der Waals surface area contributed by atoms with Crippen molar-refractivity contribution in [2.24, 2.45) is 29.1 Å². The number of amides is 4. The minimum absolute atomic E-state index is 0.104. The number of carbonyl (C=O) groups is 4. The van der Waals surface area contributed by atoms with E-state index < -0.39 is 69.4 Å². The summed E-state index contributed by atoms with van der Waals surface area (Å²) in [5.74, 6) is -6.24. The summed E-state index contributed by atoms with van der Waals surface area (Å²) < 4.78 is 14.1. The largest absolute Gasteiger partial charge is 0.507 e. The normalized spacial score (nSPS) is 28.3. The van der Waals surface area contributed by atoms with Gasteiger partial charge in [0.15, 0.2) is 0 Å². The van der Waals surface area contributed by atoms with Crippen LogP contribution in [0, 0.1) is 58.9 Å². The van der Waals surface area contributed by atoms with Gasteiger partial charge in [-0.2, -0.15) is 0 Å². The van der Waals surface area contributed by atoms with Crippen molar-refractivity contribution in [3.63, 3.8) is 0 Å². The fraction of sp³-hybridized carbons (Fsp3) is 0.314. The lowest BCUT2D eigenvalue weighted by molar-refractivity contribution is -0.384. The van der Waals surface area contributed by atoms with Crippen LogP contribution in [0.25, 0.3) is 0 Å². The van der Waals surface area contributed by atoms with Crippen LogP contribution in [0.2, 0.25) is 5.02 Å². The van der Waals surface area contributed by atoms with Crippen molar-refractivity contribution in [3.8, 4) is 5.75 Å². The van der Waals surface area contributed by atoms with Crippen LogP contribution >= 0.6 is 11.6 Å². The van der Waals surface area contributed by atoms with Gasteiger partial charge in [0.1, 0.15) is 11.6 Å². The van der Waals surface area contributed by atoms with Gasteiger partial charge >= 0.3 is 0 Å². The minimum Gasteiger partial charge on any atom is -0.507 e. The first-order chi connectivity index (χ1) is 22.2. The van der Waals surface area contributed by atoms with Crippen molar-refractivity contribution in [3.05, 3.63) is 104 Å². The zero-order valence-corrected chi connectivity index (χ0v) is 26.3. The highest BCUT2D eigenvalue weighted by molar-refractivity contribution is 6.32. The summed E-state index contributed by atoms with van der Waals surface area (Å²) in [7, 11) is 0. The Balaban J connectivity index is 1.36. The van der Waals surface area contributed by atoms with Crippen molar-refractivity contribution in [2.75, 3.05) is 9.80 Å². The SMILES string of the molecule is Cc1cc([C@H]2C3=CC[C@@H]4C(=O)N(c5ccc([N+](=O)[O-])cc5)C(=O)[C@@H]4[C@@H]3C[C@H]3C(=O)N(c4ccc(F)c(Cl)c4)C(=O)[C@@]23C)cc(C)c1O. The number of anilines is 2. The number of nitro benzene ring substituents is 1. The molecular weight excluding hydrogens is 629 g/mol. The highest BCUT2D eigenvalue weighted by atomic mass is 35.5. The summed E-state index contributed by atoms with van der Waals surface area (Å²) in [6, 6.07) is 12.4. The number of allylic oxidation sites excluding steroid dienone is 2. The molecule has 0 spiro atoms. The number of nitro groups is 1. The van der Waals surface area contributed by atoms with Gasteiger partial charge in [-0.05, 0) is 86.6 Å². The van der Waals surface area contributed by atoms with E-state index in [0.717, 1.165) is 21.4 Å². The fourth-order valence-electron chi connectivity index (χ4n) is 8.40. The lowest BCUT2D eigenvalue weighted by Gasteiger charge is -2.49. The first kappa shape index (κ1) is 30.7. The van der Waals surface area contributed by atoms with Crippen LogP contribution in [-0.2, 0) is 19.2 Å². The topological polar surface area (TPSA) is 138 Å². The van der Waals surface area contributed by atoms with Crippen molar-refractivity contribution in [2.45, 2.75) is 39.5 Å². The van der Waals surface area contributed by atoms with Crippen LogP contribution in [0.1, 0.15) is 42.4 Å². The number of carbonyl (C=O) groups excluding carboxylic acids is 4. The third-order valence-corrected chi connectivity index (χ3v) is 10.9. The van der Waals surface area contributed by atoms with Gasteiger partial charge in [-0.3, -0.25) is 34.2 Å². The molecule has 3 aromatic rings. The standard InChI is InChI=1S/C35H29ClFN3O7/c1-16-12-18(13-17(2)30(16)41)29-22-9-10-23-28(33(44)38(31(23)42)19-4-6-20(7-5-19)40(46)47)24(22)15-25-32(43)39(34(45)35(25,29)3)21-8-11-27(37)26(36)14-21/h4-9,11-14,23-25,28-29,41H,10,15H2,1-3H3/t23-,24+,25-,28-,29-,35+/m0/s1. The monoisotopic (exact) mass is 657 g/mol. The number of fused-ring (bicyclic) bond motifs is 4. The quantitative estimate of drug-likeness (QED) is 0.154. The Kier molecular flexibility index (Phi) is 6.91. The van der Waals surface area contributed by atoms with E-state index in [1.54, 1.807) is 32.9 Å². The third-order valence-electron chi connectivity index (χ3n) is 10.6. The van der Waals surface area contributed by atoms with Gasteiger partial charge in [-0.25, -0.2) is 9.29 Å². The maximum Gasteiger partial charge on any atom is 0.269 e. The lowest BCUT2D eigenvalue weighted by Crippen LogP contribution is -2.49. The predicted molar refractivity (Wildman–Crippen MR) is 169 cm³/mol. The number of aryl methyl sites for hydroxylation is 2. The number of phenolic OH excluding ortho intramolecular Hbond substituents is 1. The Morgan fingerprint density at radius 3 is 2.17 bits per heavy atom. The first-order valence-corrected chi connectivity index (χ1v) is 15.6. The number of hydrogen-bond donors (Lipinski definition) is 1. The summed E-state index contributed by atoms with van der Waals surface area (Å²) in [5, 5.41) is 21.6. The van der Waals surface area contributed by atoms with Crippen LogP contribution < -0.4 is 9.80 Å². The molecule has 4 aliphatic rings. The molecular formula is C35H29ClFN3O7. The Morgan fingerprint density at radius 1 is 0.915 bits per heavy atom. The molecule has 0 aromatic heterocycles. The molecule has 0 unspecified atom stereocenters. The van der Waals surface area contributed by atoms with Crippen LogP contribution in [0.5, 0.6) is 5.75 Å². The van der Waals surface area contributed by atoms with Crippen LogP contribution in [0.4, 0.5) is 21.5 Å². The molecule has 6 atom stereocenters. The van der Waals surface area contributed by atoms with E-state index in [2.05, 4.69) is 0 Å². The number of imide groups is 2. The average Bonchev–Trinajstić information content (AvgIpc) is 3.40. The molecule has 0 bridgehead atoms. The van der Waals surface area contributed by atoms with Gasteiger partial charge < -0.3 is 5.11 Å². The van der Waals surface area contributed by atoms with E-state index in [0.29, 0.717) is 16.7 Å². The van der Waals surface area contributed by atoms with Crippen LogP contribution in [0.3, 0.4) is 0 Å². The van der Waals surface area contributed by atoms with Crippen LogP contribution in [0.15, 0.2) is 66.2 Å².